The smallest absolute Gasteiger partial charge is 0.416 e. The highest BCUT2D eigenvalue weighted by molar-refractivity contribution is 6.32. The number of nitro benzene ring substituents is 1. The van der Waals surface area contributed by atoms with Gasteiger partial charge in [-0.2, -0.15) is 13.2 Å². The normalized spacial score (nSPS) is 12.8. The van der Waals surface area contributed by atoms with Gasteiger partial charge in [0.15, 0.2) is 18.1 Å². The van der Waals surface area contributed by atoms with Crippen LogP contribution < -0.4 is 14.8 Å². The van der Waals surface area contributed by atoms with E-state index in [9.17, 15) is 32.9 Å². The maximum absolute atomic E-state index is 12.7. The zero-order chi connectivity index (χ0) is 22.8. The van der Waals surface area contributed by atoms with Crippen molar-refractivity contribution in [1.82, 2.24) is 0 Å². The minimum atomic E-state index is -4.80. The number of benzene rings is 2. The molecule has 0 unspecified atom stereocenters. The number of hydrogen-bond acceptors (Lipinski definition) is 7. The molecule has 1 aliphatic rings. The van der Waals surface area contributed by atoms with E-state index in [2.05, 4.69) is 0 Å². The third-order valence-corrected chi connectivity index (χ3v) is 4.24. The summed E-state index contributed by atoms with van der Waals surface area (Å²) in [6, 6.07) is 4.16. The predicted molar refractivity (Wildman–Crippen MR) is 99.5 cm³/mol. The topological polar surface area (TPSA) is 117 Å². The first-order chi connectivity index (χ1) is 14.6. The largest absolute Gasteiger partial charge is 0.486 e. The molecule has 0 aromatic heterocycles. The van der Waals surface area contributed by atoms with Crippen LogP contribution in [0.15, 0.2) is 30.3 Å². The first-order valence-corrected chi connectivity index (χ1v) is 8.86. The lowest BCUT2D eigenvalue weighted by molar-refractivity contribution is -0.384. The molecule has 0 bridgehead atoms. The fraction of sp³-hybridized carbons (Fsp3) is 0.222. The molecule has 0 fully saturated rings. The summed E-state index contributed by atoms with van der Waals surface area (Å²) >= 11 is 6.02. The molecule has 0 saturated carbocycles. The van der Waals surface area contributed by atoms with Gasteiger partial charge in [0.25, 0.3) is 11.6 Å². The molecule has 0 atom stereocenters. The van der Waals surface area contributed by atoms with E-state index in [0.29, 0.717) is 12.1 Å². The quantitative estimate of drug-likeness (QED) is 0.409. The van der Waals surface area contributed by atoms with E-state index in [4.69, 9.17) is 25.8 Å². The van der Waals surface area contributed by atoms with Crippen LogP contribution in [0.5, 0.6) is 11.5 Å². The van der Waals surface area contributed by atoms with Gasteiger partial charge in [-0.3, -0.25) is 14.9 Å². The fourth-order valence-electron chi connectivity index (χ4n) is 2.59. The summed E-state index contributed by atoms with van der Waals surface area (Å²) in [6.45, 7) is -0.327. The summed E-state index contributed by atoms with van der Waals surface area (Å²) in [7, 11) is 0. The van der Waals surface area contributed by atoms with Crippen molar-refractivity contribution in [1.29, 1.82) is 0 Å². The molecular formula is C18H12ClF3N2O7. The Morgan fingerprint density at radius 1 is 1.19 bits per heavy atom. The number of hydrogen-bond donors (Lipinski definition) is 1. The average molecular weight is 461 g/mol. The molecule has 1 N–H and O–H groups in total. The van der Waals surface area contributed by atoms with E-state index < -0.39 is 46.5 Å². The summed E-state index contributed by atoms with van der Waals surface area (Å²) in [6.07, 6.45) is -4.80. The molecule has 9 nitrogen and oxygen atoms in total. The SMILES string of the molecule is O=C(COC(=O)c1cc(Cl)c2c(c1)OCCO2)Nc1ccc(C(F)(F)F)cc1[N+](=O)[O-]. The third kappa shape index (κ3) is 5.15. The number of halogens is 4. The predicted octanol–water partition coefficient (Wildman–Crippen LogP) is 3.83. The molecule has 1 amide bonds. The molecule has 0 aliphatic carbocycles. The van der Waals surface area contributed by atoms with Crippen LogP contribution >= 0.6 is 11.6 Å². The van der Waals surface area contributed by atoms with Gasteiger partial charge in [-0.05, 0) is 24.3 Å². The fourth-order valence-corrected chi connectivity index (χ4v) is 2.86. The summed E-state index contributed by atoms with van der Waals surface area (Å²) in [5.74, 6) is -1.47. The van der Waals surface area contributed by atoms with Crippen LogP contribution in [0.4, 0.5) is 24.5 Å². The van der Waals surface area contributed by atoms with Crippen molar-refractivity contribution < 1.29 is 41.9 Å². The Labute approximate surface area is 176 Å². The number of esters is 1. The van der Waals surface area contributed by atoms with Crippen molar-refractivity contribution in [3.8, 4) is 11.5 Å². The van der Waals surface area contributed by atoms with E-state index in [-0.39, 0.29) is 35.3 Å². The molecule has 2 aromatic rings. The summed E-state index contributed by atoms with van der Waals surface area (Å²) in [5, 5.41) is 13.2. The second kappa shape index (κ2) is 8.68. The van der Waals surface area contributed by atoms with Gasteiger partial charge in [0.1, 0.15) is 18.9 Å². The average Bonchev–Trinajstić information content (AvgIpc) is 2.71. The molecule has 0 spiro atoms. The van der Waals surface area contributed by atoms with Gasteiger partial charge in [-0.1, -0.05) is 11.6 Å². The summed E-state index contributed by atoms with van der Waals surface area (Å²) in [5.41, 5.74) is -2.74. The number of nitrogens with zero attached hydrogens (tertiary/aromatic N) is 1. The second-order valence-electron chi connectivity index (χ2n) is 6.09. The number of rotatable bonds is 5. The van der Waals surface area contributed by atoms with E-state index in [0.717, 1.165) is 6.07 Å². The molecule has 0 radical (unpaired) electrons. The third-order valence-electron chi connectivity index (χ3n) is 3.96. The van der Waals surface area contributed by atoms with Crippen molar-refractivity contribution in [3.63, 3.8) is 0 Å². The van der Waals surface area contributed by atoms with Crippen molar-refractivity contribution >= 4 is 34.9 Å². The Hall–Kier alpha value is -3.54. The van der Waals surface area contributed by atoms with Gasteiger partial charge < -0.3 is 19.5 Å². The molecule has 1 aliphatic heterocycles. The Bertz CT molecular complexity index is 1060. The molecule has 3 rings (SSSR count). The van der Waals surface area contributed by atoms with Gasteiger partial charge in [0, 0.05) is 6.07 Å². The molecule has 164 valence electrons. The van der Waals surface area contributed by atoms with Crippen molar-refractivity contribution in [3.05, 3.63) is 56.6 Å². The standard InChI is InChI=1S/C18H12ClF3N2O7/c19-11-5-9(6-14-16(11)30-4-3-29-14)17(26)31-8-15(25)23-12-2-1-10(18(20,21)22)7-13(12)24(27)28/h1-2,5-7H,3-4,8H2,(H,23,25). The molecular weight excluding hydrogens is 449 g/mol. The highest BCUT2D eigenvalue weighted by Gasteiger charge is 2.33. The molecule has 2 aromatic carbocycles. The van der Waals surface area contributed by atoms with Crippen molar-refractivity contribution in [2.75, 3.05) is 25.1 Å². The number of amides is 1. The lowest BCUT2D eigenvalue weighted by atomic mass is 10.1. The lowest BCUT2D eigenvalue weighted by Gasteiger charge is -2.19. The van der Waals surface area contributed by atoms with Crippen molar-refractivity contribution in [2.45, 2.75) is 6.18 Å². The molecule has 13 heteroatoms. The molecule has 0 saturated heterocycles. The van der Waals surface area contributed by atoms with E-state index in [1.54, 1.807) is 0 Å². The van der Waals surface area contributed by atoms with E-state index in [1.807, 2.05) is 5.32 Å². The number of fused-ring (bicyclic) bond motifs is 1. The number of ether oxygens (including phenoxy) is 3. The Morgan fingerprint density at radius 2 is 1.90 bits per heavy atom. The van der Waals surface area contributed by atoms with Gasteiger partial charge in [-0.25, -0.2) is 4.79 Å². The van der Waals surface area contributed by atoms with Crippen LogP contribution in [-0.2, 0) is 15.7 Å². The monoisotopic (exact) mass is 460 g/mol. The van der Waals surface area contributed by atoms with E-state index >= 15 is 0 Å². The first kappa shape index (κ1) is 22.2. The number of alkyl halides is 3. The Morgan fingerprint density at radius 3 is 2.58 bits per heavy atom. The van der Waals surface area contributed by atoms with Gasteiger partial charge in [-0.15, -0.1) is 0 Å². The minimum absolute atomic E-state index is 0.0393. The van der Waals surface area contributed by atoms with Gasteiger partial charge >= 0.3 is 12.1 Å². The van der Waals surface area contributed by atoms with Crippen molar-refractivity contribution in [2.24, 2.45) is 0 Å². The van der Waals surface area contributed by atoms with Crippen LogP contribution in [0.3, 0.4) is 0 Å². The zero-order valence-corrected chi connectivity index (χ0v) is 16.1. The van der Waals surface area contributed by atoms with Crippen LogP contribution in [0.2, 0.25) is 5.02 Å². The second-order valence-corrected chi connectivity index (χ2v) is 6.50. The number of anilines is 1. The zero-order valence-electron chi connectivity index (χ0n) is 15.3. The number of nitrogens with one attached hydrogen (secondary N) is 1. The van der Waals surface area contributed by atoms with E-state index in [1.165, 1.54) is 12.1 Å². The van der Waals surface area contributed by atoms with Crippen LogP contribution in [0.25, 0.3) is 0 Å². The maximum atomic E-state index is 12.7. The number of carbonyl (C=O) groups excluding carboxylic acids is 2. The lowest BCUT2D eigenvalue weighted by Crippen LogP contribution is -2.22. The maximum Gasteiger partial charge on any atom is 0.416 e. The van der Waals surface area contributed by atoms with Gasteiger partial charge in [0.05, 0.1) is 21.1 Å². The highest BCUT2D eigenvalue weighted by Crippen LogP contribution is 2.38. The highest BCUT2D eigenvalue weighted by atomic mass is 35.5. The van der Waals surface area contributed by atoms with Crippen LogP contribution in [-0.4, -0.2) is 36.6 Å². The summed E-state index contributed by atoms with van der Waals surface area (Å²) < 4.78 is 53.7. The number of carbonyl (C=O) groups is 2. The minimum Gasteiger partial charge on any atom is -0.486 e. The number of nitro groups is 1. The van der Waals surface area contributed by atoms with Gasteiger partial charge in [0.2, 0.25) is 0 Å². The molecule has 31 heavy (non-hydrogen) atoms. The summed E-state index contributed by atoms with van der Waals surface area (Å²) in [4.78, 5) is 34.2. The molecule has 1 heterocycles. The Balaban J connectivity index is 1.67. The van der Waals surface area contributed by atoms with Crippen LogP contribution in [0, 0.1) is 10.1 Å². The Kier molecular flexibility index (Phi) is 6.20. The first-order valence-electron chi connectivity index (χ1n) is 8.48. The van der Waals surface area contributed by atoms with Crippen LogP contribution in [0.1, 0.15) is 15.9 Å².